The quantitative estimate of drug-likeness (QED) is 0.868. The number of amides is 1. The van der Waals surface area contributed by atoms with Gasteiger partial charge in [0.05, 0.1) is 17.6 Å². The number of rotatable bonds is 4. The van der Waals surface area contributed by atoms with Gasteiger partial charge in [-0.3, -0.25) is 4.79 Å². The van der Waals surface area contributed by atoms with Crippen molar-refractivity contribution in [2.45, 2.75) is 19.0 Å². The van der Waals surface area contributed by atoms with Crippen LogP contribution in [0.15, 0.2) is 17.3 Å². The van der Waals surface area contributed by atoms with Gasteiger partial charge in [-0.1, -0.05) is 11.8 Å². The van der Waals surface area contributed by atoms with Crippen LogP contribution in [0.2, 0.25) is 0 Å². The van der Waals surface area contributed by atoms with E-state index < -0.39 is 0 Å². The molecule has 1 saturated heterocycles. The van der Waals surface area contributed by atoms with Crippen molar-refractivity contribution < 1.29 is 9.53 Å². The summed E-state index contributed by atoms with van der Waals surface area (Å²) in [5, 5.41) is 0.913. The first kappa shape index (κ1) is 17.1. The summed E-state index contributed by atoms with van der Waals surface area (Å²) in [6.07, 6.45) is 0. The maximum Gasteiger partial charge on any atom is 0.248 e. The summed E-state index contributed by atoms with van der Waals surface area (Å²) >= 11 is 1.65. The van der Waals surface area contributed by atoms with Gasteiger partial charge < -0.3 is 14.6 Å². The number of halogens is 1. The molecule has 1 aromatic heterocycles. The van der Waals surface area contributed by atoms with Crippen LogP contribution in [0.3, 0.4) is 0 Å². The van der Waals surface area contributed by atoms with E-state index in [2.05, 4.69) is 35.9 Å². The molecule has 0 unspecified atom stereocenters. The Morgan fingerprint density at radius 1 is 1.36 bits per heavy atom. The molecular weight excluding hydrogens is 322 g/mol. The van der Waals surface area contributed by atoms with E-state index in [1.165, 1.54) is 11.1 Å². The number of aromatic amines is 1. The van der Waals surface area contributed by atoms with Crippen LogP contribution < -0.4 is 0 Å². The van der Waals surface area contributed by atoms with Crippen LogP contribution in [0.25, 0.3) is 11.0 Å². The van der Waals surface area contributed by atoms with Gasteiger partial charge in [0.2, 0.25) is 5.91 Å². The summed E-state index contributed by atoms with van der Waals surface area (Å²) < 4.78 is 5.12. The molecule has 0 aliphatic carbocycles. The minimum absolute atomic E-state index is 0. The molecule has 2 heterocycles. The Kier molecular flexibility index (Phi) is 5.72. The number of aromatic nitrogens is 2. The fourth-order valence-corrected chi connectivity index (χ4v) is 3.20. The second-order valence-corrected chi connectivity index (χ2v) is 6.36. The number of carbonyl (C=O) groups is 1. The number of aryl methyl sites for hydroxylation is 2. The molecule has 1 amide bonds. The predicted octanol–water partition coefficient (Wildman–Crippen LogP) is 2.55. The van der Waals surface area contributed by atoms with Crippen LogP contribution in [0.4, 0.5) is 0 Å². The van der Waals surface area contributed by atoms with Gasteiger partial charge in [-0.2, -0.15) is 0 Å². The van der Waals surface area contributed by atoms with Gasteiger partial charge in [-0.05, 0) is 37.1 Å². The van der Waals surface area contributed by atoms with Crippen molar-refractivity contribution in [2.24, 2.45) is 0 Å². The molecule has 3 rings (SSSR count). The molecule has 1 aliphatic heterocycles. The highest BCUT2D eigenvalue weighted by Crippen LogP contribution is 2.22. The zero-order valence-corrected chi connectivity index (χ0v) is 14.4. The summed E-state index contributed by atoms with van der Waals surface area (Å²) in [6, 6.07) is 4.24. The van der Waals surface area contributed by atoms with Crippen LogP contribution in [-0.4, -0.2) is 52.8 Å². The fraction of sp³-hybridized carbons (Fsp3) is 0.467. The summed E-state index contributed by atoms with van der Waals surface area (Å²) in [6.45, 7) is 6.49. The number of ether oxygens (including phenoxy) is 1. The van der Waals surface area contributed by atoms with Gasteiger partial charge in [-0.25, -0.2) is 4.98 Å². The fourth-order valence-electron chi connectivity index (χ4n) is 2.35. The molecule has 0 bridgehead atoms. The van der Waals surface area contributed by atoms with Crippen molar-refractivity contribution in [3.05, 3.63) is 23.3 Å². The van der Waals surface area contributed by atoms with E-state index in [9.17, 15) is 4.79 Å². The molecule has 1 N–H and O–H groups in total. The maximum absolute atomic E-state index is 11.6. The number of morpholine rings is 1. The second kappa shape index (κ2) is 7.35. The Bertz CT molecular complexity index is 635. The Morgan fingerprint density at radius 3 is 2.91 bits per heavy atom. The molecule has 120 valence electrons. The highest BCUT2D eigenvalue weighted by atomic mass is 35.5. The van der Waals surface area contributed by atoms with Crippen molar-refractivity contribution in [3.8, 4) is 0 Å². The van der Waals surface area contributed by atoms with Gasteiger partial charge in [0, 0.05) is 18.8 Å². The summed E-state index contributed by atoms with van der Waals surface area (Å²) in [4.78, 5) is 21.4. The first-order valence-corrected chi connectivity index (χ1v) is 8.07. The molecule has 0 saturated carbocycles. The normalized spacial score (nSPS) is 15.2. The molecule has 22 heavy (non-hydrogen) atoms. The monoisotopic (exact) mass is 341 g/mol. The van der Waals surface area contributed by atoms with Crippen molar-refractivity contribution in [1.29, 1.82) is 0 Å². The van der Waals surface area contributed by atoms with Crippen molar-refractivity contribution in [1.82, 2.24) is 14.9 Å². The molecule has 1 fully saturated rings. The third kappa shape index (κ3) is 3.74. The lowest BCUT2D eigenvalue weighted by Crippen LogP contribution is -2.42. The number of fused-ring (bicyclic) bond motifs is 1. The lowest BCUT2D eigenvalue weighted by atomic mass is 10.1. The standard InChI is InChI=1S/C15H19N3O2S.ClH/c1-10-7-12-13(8-11(10)2)17-15(16-12)21-6-4-18-3-5-20-9-14(18)19;/h7-8H,3-6,9H2,1-2H3,(H,16,17);1H. The highest BCUT2D eigenvalue weighted by Gasteiger charge is 2.18. The van der Waals surface area contributed by atoms with Gasteiger partial charge in [0.15, 0.2) is 5.16 Å². The lowest BCUT2D eigenvalue weighted by molar-refractivity contribution is -0.142. The van der Waals surface area contributed by atoms with Crippen LogP contribution in [0.5, 0.6) is 0 Å². The number of nitrogens with zero attached hydrogens (tertiary/aromatic N) is 2. The van der Waals surface area contributed by atoms with Gasteiger partial charge in [-0.15, -0.1) is 12.4 Å². The largest absolute Gasteiger partial charge is 0.370 e. The van der Waals surface area contributed by atoms with Crippen molar-refractivity contribution in [3.63, 3.8) is 0 Å². The molecule has 0 spiro atoms. The average Bonchev–Trinajstić information content (AvgIpc) is 2.83. The second-order valence-electron chi connectivity index (χ2n) is 5.28. The van der Waals surface area contributed by atoms with E-state index in [-0.39, 0.29) is 24.9 Å². The molecule has 0 atom stereocenters. The summed E-state index contributed by atoms with van der Waals surface area (Å²) in [7, 11) is 0. The van der Waals surface area contributed by atoms with E-state index in [1.54, 1.807) is 11.8 Å². The molecule has 1 aliphatic rings. The van der Waals surface area contributed by atoms with Crippen molar-refractivity contribution in [2.75, 3.05) is 32.1 Å². The van der Waals surface area contributed by atoms with Crippen LogP contribution >= 0.6 is 24.2 Å². The Labute approximate surface area is 140 Å². The third-order valence-electron chi connectivity index (χ3n) is 3.76. The molecule has 2 aromatic rings. The first-order valence-electron chi connectivity index (χ1n) is 7.09. The number of hydrogen-bond acceptors (Lipinski definition) is 4. The van der Waals surface area contributed by atoms with Crippen LogP contribution in [-0.2, 0) is 9.53 Å². The summed E-state index contributed by atoms with van der Waals surface area (Å²) in [5.74, 6) is 0.918. The van der Waals surface area contributed by atoms with E-state index in [4.69, 9.17) is 4.74 Å². The minimum atomic E-state index is 0. The van der Waals surface area contributed by atoms with Crippen LogP contribution in [0.1, 0.15) is 11.1 Å². The highest BCUT2D eigenvalue weighted by molar-refractivity contribution is 7.99. The number of nitrogens with one attached hydrogen (secondary N) is 1. The van der Waals surface area contributed by atoms with Gasteiger partial charge in [0.25, 0.3) is 0 Å². The smallest absolute Gasteiger partial charge is 0.248 e. The zero-order chi connectivity index (χ0) is 14.8. The summed E-state index contributed by atoms with van der Waals surface area (Å²) in [5.41, 5.74) is 4.59. The van der Waals surface area contributed by atoms with E-state index >= 15 is 0 Å². The van der Waals surface area contributed by atoms with Gasteiger partial charge in [0.1, 0.15) is 6.61 Å². The Balaban J connectivity index is 0.00000176. The van der Waals surface area contributed by atoms with Crippen LogP contribution in [0, 0.1) is 13.8 Å². The predicted molar refractivity (Wildman–Crippen MR) is 90.9 cm³/mol. The average molecular weight is 342 g/mol. The molecular formula is C15H20ClN3O2S. The number of benzene rings is 1. The van der Waals surface area contributed by atoms with E-state index in [0.29, 0.717) is 13.2 Å². The van der Waals surface area contributed by atoms with E-state index in [1.807, 2.05) is 4.90 Å². The topological polar surface area (TPSA) is 58.2 Å². The number of thioether (sulfide) groups is 1. The Morgan fingerprint density at radius 2 is 2.14 bits per heavy atom. The number of H-pyrrole nitrogens is 1. The first-order chi connectivity index (χ1) is 10.1. The number of hydrogen-bond donors (Lipinski definition) is 1. The number of imidazole rings is 1. The van der Waals surface area contributed by atoms with Gasteiger partial charge >= 0.3 is 0 Å². The zero-order valence-electron chi connectivity index (χ0n) is 12.7. The molecule has 7 heteroatoms. The lowest BCUT2D eigenvalue weighted by Gasteiger charge is -2.26. The maximum atomic E-state index is 11.6. The van der Waals surface area contributed by atoms with Crippen molar-refractivity contribution >= 4 is 41.1 Å². The molecule has 5 nitrogen and oxygen atoms in total. The molecule has 0 radical (unpaired) electrons. The SMILES string of the molecule is Cc1cc2nc(SCCN3CCOCC3=O)[nH]c2cc1C.Cl. The van der Waals surface area contributed by atoms with E-state index in [0.717, 1.165) is 28.5 Å². The minimum Gasteiger partial charge on any atom is -0.370 e. The molecule has 1 aromatic carbocycles. The number of carbonyl (C=O) groups excluding carboxylic acids is 1. The third-order valence-corrected chi connectivity index (χ3v) is 4.61. The Hall–Kier alpha value is -1.24.